The highest BCUT2D eigenvalue weighted by Gasteiger charge is 2.38. The Hall–Kier alpha value is -1.75. The molecular weight excluding hydrogens is 334 g/mol. The lowest BCUT2D eigenvalue weighted by Gasteiger charge is -2.25. The van der Waals surface area contributed by atoms with Crippen molar-refractivity contribution < 1.29 is 14.3 Å². The van der Waals surface area contributed by atoms with Gasteiger partial charge in [0.25, 0.3) is 5.91 Å². The first-order valence-electron chi connectivity index (χ1n) is 9.22. The van der Waals surface area contributed by atoms with E-state index in [4.69, 9.17) is 17.0 Å². The summed E-state index contributed by atoms with van der Waals surface area (Å²) in [5.41, 5.74) is 1.20. The molecule has 0 bridgehead atoms. The number of carbonyl (C=O) groups is 2. The maximum atomic E-state index is 12.6. The number of hydrogen-bond donors (Lipinski definition) is 0. The maximum absolute atomic E-state index is 12.6. The average Bonchev–Trinajstić information content (AvgIpc) is 3.33. The molecule has 0 unspecified atom stereocenters. The summed E-state index contributed by atoms with van der Waals surface area (Å²) in [5.74, 6) is -0.666. The number of ether oxygens (including phenoxy) is 1. The van der Waals surface area contributed by atoms with Crippen LogP contribution in [0.5, 0.6) is 0 Å². The first-order valence-corrected chi connectivity index (χ1v) is 9.63. The van der Waals surface area contributed by atoms with Crippen molar-refractivity contribution in [2.24, 2.45) is 5.92 Å². The predicted octanol–water partition coefficient (Wildman–Crippen LogP) is 3.32. The van der Waals surface area contributed by atoms with Gasteiger partial charge in [-0.25, -0.2) is 0 Å². The van der Waals surface area contributed by atoms with Crippen LogP contribution in [-0.2, 0) is 20.7 Å². The third kappa shape index (κ3) is 4.46. The third-order valence-corrected chi connectivity index (χ3v) is 5.59. The van der Waals surface area contributed by atoms with Crippen molar-refractivity contribution in [3.63, 3.8) is 0 Å². The van der Waals surface area contributed by atoms with E-state index in [1.54, 1.807) is 4.90 Å². The topological polar surface area (TPSA) is 46.6 Å². The van der Waals surface area contributed by atoms with Gasteiger partial charge in [-0.2, -0.15) is 0 Å². The van der Waals surface area contributed by atoms with E-state index in [0.717, 1.165) is 44.9 Å². The number of benzene rings is 1. The molecule has 3 rings (SSSR count). The quantitative estimate of drug-likeness (QED) is 0.577. The number of rotatable bonds is 6. The van der Waals surface area contributed by atoms with Gasteiger partial charge in [0, 0.05) is 18.9 Å². The Bertz CT molecular complexity index is 625. The molecule has 1 amide bonds. The monoisotopic (exact) mass is 359 g/mol. The van der Waals surface area contributed by atoms with Crippen molar-refractivity contribution in [2.75, 3.05) is 13.2 Å². The van der Waals surface area contributed by atoms with Crippen molar-refractivity contribution in [2.45, 2.75) is 51.0 Å². The third-order valence-electron chi connectivity index (χ3n) is 5.20. The second kappa shape index (κ2) is 8.56. The van der Waals surface area contributed by atoms with Crippen molar-refractivity contribution in [1.29, 1.82) is 0 Å². The van der Waals surface area contributed by atoms with Crippen LogP contribution in [0.1, 0.15) is 44.1 Å². The molecule has 0 spiro atoms. The molecule has 1 heterocycles. The van der Waals surface area contributed by atoms with Crippen LogP contribution in [0.4, 0.5) is 0 Å². The van der Waals surface area contributed by atoms with Gasteiger partial charge < -0.3 is 9.64 Å². The lowest BCUT2D eigenvalue weighted by Crippen LogP contribution is -2.45. The number of amides is 1. The molecule has 1 aromatic carbocycles. The molecular formula is C20H25NO3S. The highest BCUT2D eigenvalue weighted by molar-refractivity contribution is 7.80. The second-order valence-corrected chi connectivity index (χ2v) is 7.31. The second-order valence-electron chi connectivity index (χ2n) is 6.91. The van der Waals surface area contributed by atoms with Gasteiger partial charge in [-0.15, -0.1) is 0 Å². The van der Waals surface area contributed by atoms with Crippen LogP contribution in [0.3, 0.4) is 0 Å². The van der Waals surface area contributed by atoms with Gasteiger partial charge in [0.15, 0.2) is 5.05 Å². The number of carbonyl (C=O) groups excluding carboxylic acids is 2. The van der Waals surface area contributed by atoms with E-state index in [2.05, 4.69) is 12.1 Å². The molecule has 1 saturated heterocycles. The molecule has 0 aromatic heterocycles. The van der Waals surface area contributed by atoms with Crippen molar-refractivity contribution >= 4 is 29.0 Å². The number of hydrogen-bond acceptors (Lipinski definition) is 4. The zero-order chi connectivity index (χ0) is 17.6. The molecule has 5 heteroatoms. The van der Waals surface area contributed by atoms with Crippen LogP contribution in [0.25, 0.3) is 0 Å². The SMILES string of the molecule is O=C(C(=O)N1CCC[C@H]1C(=S)OCCc1ccccc1)C1CCCC1. The Kier molecular flexibility index (Phi) is 6.19. The highest BCUT2D eigenvalue weighted by Crippen LogP contribution is 2.28. The predicted molar refractivity (Wildman–Crippen MR) is 100 cm³/mol. The van der Waals surface area contributed by atoms with Crippen LogP contribution in [0.15, 0.2) is 30.3 Å². The fraction of sp³-hybridized carbons (Fsp3) is 0.550. The van der Waals surface area contributed by atoms with Crippen LogP contribution < -0.4 is 0 Å². The van der Waals surface area contributed by atoms with Crippen molar-refractivity contribution in [3.05, 3.63) is 35.9 Å². The first kappa shape index (κ1) is 18.1. The summed E-state index contributed by atoms with van der Waals surface area (Å²) in [7, 11) is 0. The zero-order valence-corrected chi connectivity index (χ0v) is 15.3. The van der Waals surface area contributed by atoms with E-state index < -0.39 is 0 Å². The van der Waals surface area contributed by atoms with Crippen LogP contribution in [0, 0.1) is 5.92 Å². The Morgan fingerprint density at radius 2 is 1.80 bits per heavy atom. The smallest absolute Gasteiger partial charge is 0.290 e. The number of Topliss-reactive ketones (excluding diaryl/α,β-unsaturated/α-hetero) is 1. The molecule has 1 aromatic rings. The molecule has 25 heavy (non-hydrogen) atoms. The van der Waals surface area contributed by atoms with Crippen molar-refractivity contribution in [1.82, 2.24) is 4.90 Å². The average molecular weight is 359 g/mol. The fourth-order valence-corrected chi connectivity index (χ4v) is 4.10. The summed E-state index contributed by atoms with van der Waals surface area (Å²) in [4.78, 5) is 26.7. The van der Waals surface area contributed by atoms with E-state index in [1.807, 2.05) is 18.2 Å². The number of thiocarbonyl (C=S) groups is 1. The van der Waals surface area contributed by atoms with E-state index in [0.29, 0.717) is 18.2 Å². The summed E-state index contributed by atoms with van der Waals surface area (Å²) in [5, 5.41) is 0.445. The molecule has 4 nitrogen and oxygen atoms in total. The van der Waals surface area contributed by atoms with Crippen molar-refractivity contribution in [3.8, 4) is 0 Å². The van der Waals surface area contributed by atoms with Gasteiger partial charge in [0.1, 0.15) is 6.04 Å². The van der Waals surface area contributed by atoms with Crippen LogP contribution >= 0.6 is 12.2 Å². The molecule has 1 saturated carbocycles. The standard InChI is InChI=1S/C20H25NO3S/c22-18(16-9-4-5-10-16)19(23)21-13-6-11-17(21)20(25)24-14-12-15-7-2-1-3-8-15/h1-3,7-8,16-17H,4-6,9-14H2/t17-/m0/s1. The largest absolute Gasteiger partial charge is 0.485 e. The summed E-state index contributed by atoms with van der Waals surface area (Å²) in [6.07, 6.45) is 6.23. The molecule has 134 valence electrons. The summed E-state index contributed by atoms with van der Waals surface area (Å²) in [6, 6.07) is 9.86. The summed E-state index contributed by atoms with van der Waals surface area (Å²) < 4.78 is 5.74. The van der Waals surface area contributed by atoms with E-state index in [1.165, 1.54) is 5.56 Å². The van der Waals surface area contributed by atoms with Gasteiger partial charge >= 0.3 is 0 Å². The lowest BCUT2D eigenvalue weighted by atomic mass is 10.0. The molecule has 1 aliphatic carbocycles. The number of nitrogens with zero attached hydrogens (tertiary/aromatic N) is 1. The Balaban J connectivity index is 1.52. The maximum Gasteiger partial charge on any atom is 0.290 e. The Morgan fingerprint density at radius 3 is 2.52 bits per heavy atom. The van der Waals surface area contributed by atoms with Crippen LogP contribution in [0.2, 0.25) is 0 Å². The summed E-state index contributed by atoms with van der Waals surface area (Å²) >= 11 is 5.42. The molecule has 2 aliphatic rings. The zero-order valence-electron chi connectivity index (χ0n) is 14.5. The fourth-order valence-electron chi connectivity index (χ4n) is 3.77. The van der Waals surface area contributed by atoms with E-state index in [-0.39, 0.29) is 23.7 Å². The molecule has 2 fully saturated rings. The number of likely N-dealkylation sites (tertiary alicyclic amines) is 1. The minimum atomic E-state index is -0.358. The highest BCUT2D eigenvalue weighted by atomic mass is 32.1. The molecule has 0 N–H and O–H groups in total. The first-order chi connectivity index (χ1) is 12.2. The Labute approximate surface area is 154 Å². The van der Waals surface area contributed by atoms with Crippen LogP contribution in [-0.4, -0.2) is 40.8 Å². The lowest BCUT2D eigenvalue weighted by molar-refractivity contribution is -0.146. The van der Waals surface area contributed by atoms with Gasteiger partial charge in [-0.3, -0.25) is 9.59 Å². The summed E-state index contributed by atoms with van der Waals surface area (Å²) in [6.45, 7) is 1.10. The van der Waals surface area contributed by atoms with Gasteiger partial charge in [-0.05, 0) is 43.5 Å². The minimum Gasteiger partial charge on any atom is -0.485 e. The van der Waals surface area contributed by atoms with E-state index in [9.17, 15) is 9.59 Å². The van der Waals surface area contributed by atoms with E-state index >= 15 is 0 Å². The Morgan fingerprint density at radius 1 is 1.08 bits per heavy atom. The molecule has 1 atom stereocenters. The van der Waals surface area contributed by atoms with Gasteiger partial charge in [0.05, 0.1) is 6.61 Å². The molecule has 0 radical (unpaired) electrons. The normalized spacial score (nSPS) is 20.6. The molecule has 1 aliphatic heterocycles. The van der Waals surface area contributed by atoms with Gasteiger partial charge in [-0.1, -0.05) is 43.2 Å². The van der Waals surface area contributed by atoms with Gasteiger partial charge in [0.2, 0.25) is 5.78 Å². The minimum absolute atomic E-state index is 0.0821. The number of ketones is 1.